The molecule has 6 heteroatoms. The Morgan fingerprint density at radius 1 is 0.967 bits per heavy atom. The molecule has 0 aliphatic carbocycles. The highest BCUT2D eigenvalue weighted by Gasteiger charge is 2.26. The lowest BCUT2D eigenvalue weighted by molar-refractivity contribution is -0.135. The predicted octanol–water partition coefficient (Wildman–Crippen LogP) is 3.55. The zero-order valence-corrected chi connectivity index (χ0v) is 18.4. The molecule has 0 radical (unpaired) electrons. The smallest absolute Gasteiger partial charge is 0.252 e. The first-order valence-electron chi connectivity index (χ1n) is 10.2. The molecule has 2 N–H and O–H groups in total. The van der Waals surface area contributed by atoms with Gasteiger partial charge in [0, 0.05) is 18.3 Å². The van der Waals surface area contributed by atoms with Gasteiger partial charge in [-0.2, -0.15) is 0 Å². The van der Waals surface area contributed by atoms with Crippen LogP contribution in [0.25, 0.3) is 0 Å². The van der Waals surface area contributed by atoms with Crippen LogP contribution in [-0.2, 0) is 9.59 Å². The molecule has 0 spiro atoms. The van der Waals surface area contributed by atoms with E-state index in [-0.39, 0.29) is 30.2 Å². The summed E-state index contributed by atoms with van der Waals surface area (Å²) in [6, 6.07) is 14.0. The summed E-state index contributed by atoms with van der Waals surface area (Å²) in [6.07, 6.45) is 0.486. The standard InChI is InChI=1S/C24H31N3O3/c1-16(2)14-21(26-23(29)20-9-7-6-8-18(20)4)24(30)27(5)15-22(28)25-19-12-10-17(3)11-13-19/h6-13,16,21H,14-15H2,1-5H3,(H,25,28)(H,26,29). The Balaban J connectivity index is 2.03. The molecule has 30 heavy (non-hydrogen) atoms. The number of hydrogen-bond acceptors (Lipinski definition) is 3. The molecule has 1 unspecified atom stereocenters. The van der Waals surface area contributed by atoms with Gasteiger partial charge in [-0.05, 0) is 49.9 Å². The number of likely N-dealkylation sites (N-methyl/N-ethyl adjacent to an activating group) is 1. The first-order valence-corrected chi connectivity index (χ1v) is 10.2. The van der Waals surface area contributed by atoms with Gasteiger partial charge in [-0.3, -0.25) is 14.4 Å². The molecule has 2 aromatic rings. The fraction of sp³-hybridized carbons (Fsp3) is 0.375. The summed E-state index contributed by atoms with van der Waals surface area (Å²) in [4.78, 5) is 39.4. The number of aryl methyl sites for hydroxylation is 2. The molecule has 0 aliphatic heterocycles. The van der Waals surface area contributed by atoms with Crippen molar-refractivity contribution in [1.29, 1.82) is 0 Å². The maximum Gasteiger partial charge on any atom is 0.252 e. The predicted molar refractivity (Wildman–Crippen MR) is 119 cm³/mol. The van der Waals surface area contributed by atoms with E-state index in [4.69, 9.17) is 0 Å². The van der Waals surface area contributed by atoms with Crippen LogP contribution in [0, 0.1) is 19.8 Å². The van der Waals surface area contributed by atoms with Gasteiger partial charge in [-0.1, -0.05) is 49.7 Å². The fourth-order valence-electron chi connectivity index (χ4n) is 3.15. The van der Waals surface area contributed by atoms with Gasteiger partial charge in [0.05, 0.1) is 6.54 Å². The van der Waals surface area contributed by atoms with E-state index >= 15 is 0 Å². The average molecular weight is 410 g/mol. The third-order valence-electron chi connectivity index (χ3n) is 4.79. The van der Waals surface area contributed by atoms with Crippen molar-refractivity contribution >= 4 is 23.4 Å². The van der Waals surface area contributed by atoms with Crippen molar-refractivity contribution in [2.45, 2.75) is 40.2 Å². The molecule has 0 heterocycles. The van der Waals surface area contributed by atoms with Crippen LogP contribution in [0.1, 0.15) is 41.8 Å². The Hall–Kier alpha value is -3.15. The molecular formula is C24H31N3O3. The number of rotatable bonds is 8. The third kappa shape index (κ3) is 6.72. The molecule has 0 saturated heterocycles. The van der Waals surface area contributed by atoms with Gasteiger partial charge >= 0.3 is 0 Å². The van der Waals surface area contributed by atoms with Crippen LogP contribution in [0.15, 0.2) is 48.5 Å². The SMILES string of the molecule is Cc1ccc(NC(=O)CN(C)C(=O)C(CC(C)C)NC(=O)c2ccccc2C)cc1. The fourth-order valence-corrected chi connectivity index (χ4v) is 3.15. The summed E-state index contributed by atoms with van der Waals surface area (Å²) in [6.45, 7) is 7.71. The quantitative estimate of drug-likeness (QED) is 0.700. The van der Waals surface area contributed by atoms with Crippen LogP contribution >= 0.6 is 0 Å². The van der Waals surface area contributed by atoms with Crippen LogP contribution in [0.3, 0.4) is 0 Å². The van der Waals surface area contributed by atoms with Crippen molar-refractivity contribution in [3.05, 3.63) is 65.2 Å². The summed E-state index contributed by atoms with van der Waals surface area (Å²) < 4.78 is 0. The van der Waals surface area contributed by atoms with Gasteiger partial charge in [0.2, 0.25) is 11.8 Å². The number of benzene rings is 2. The van der Waals surface area contributed by atoms with Crippen molar-refractivity contribution in [1.82, 2.24) is 10.2 Å². The molecule has 3 amide bonds. The van der Waals surface area contributed by atoms with Crippen LogP contribution in [0.5, 0.6) is 0 Å². The number of hydrogen-bond donors (Lipinski definition) is 2. The van der Waals surface area contributed by atoms with Crippen LogP contribution in [0.2, 0.25) is 0 Å². The van der Waals surface area contributed by atoms with Crippen molar-refractivity contribution in [2.75, 3.05) is 18.9 Å². The molecule has 2 rings (SSSR count). The minimum atomic E-state index is -0.700. The molecule has 0 fully saturated rings. The molecule has 1 atom stereocenters. The minimum absolute atomic E-state index is 0.0957. The molecule has 0 aliphatic rings. The zero-order chi connectivity index (χ0) is 22.3. The lowest BCUT2D eigenvalue weighted by Gasteiger charge is -2.25. The first kappa shape index (κ1) is 23.1. The highest BCUT2D eigenvalue weighted by molar-refractivity contribution is 5.99. The Bertz CT molecular complexity index is 891. The number of nitrogens with one attached hydrogen (secondary N) is 2. The van der Waals surface area contributed by atoms with Gasteiger partial charge in [-0.15, -0.1) is 0 Å². The van der Waals surface area contributed by atoms with Gasteiger partial charge in [0.15, 0.2) is 0 Å². The van der Waals surface area contributed by atoms with Gasteiger partial charge in [-0.25, -0.2) is 0 Å². The lowest BCUT2D eigenvalue weighted by Crippen LogP contribution is -2.49. The zero-order valence-electron chi connectivity index (χ0n) is 18.4. The van der Waals surface area contributed by atoms with Crippen molar-refractivity contribution < 1.29 is 14.4 Å². The van der Waals surface area contributed by atoms with Gasteiger partial charge < -0.3 is 15.5 Å². The van der Waals surface area contributed by atoms with E-state index in [1.54, 1.807) is 19.2 Å². The van der Waals surface area contributed by atoms with E-state index in [0.717, 1.165) is 11.1 Å². The molecule has 2 aromatic carbocycles. The highest BCUT2D eigenvalue weighted by atomic mass is 16.2. The Morgan fingerprint density at radius 3 is 2.20 bits per heavy atom. The number of anilines is 1. The molecule has 0 aromatic heterocycles. The van der Waals surface area contributed by atoms with Crippen LogP contribution in [0.4, 0.5) is 5.69 Å². The van der Waals surface area contributed by atoms with E-state index in [0.29, 0.717) is 17.7 Å². The van der Waals surface area contributed by atoms with E-state index in [1.165, 1.54) is 4.90 Å². The first-order chi connectivity index (χ1) is 14.2. The number of carbonyl (C=O) groups excluding carboxylic acids is 3. The second kappa shape index (κ2) is 10.6. The molecule has 6 nitrogen and oxygen atoms in total. The average Bonchev–Trinajstić information content (AvgIpc) is 2.68. The van der Waals surface area contributed by atoms with Gasteiger partial charge in [0.1, 0.15) is 6.04 Å². The Labute approximate surface area is 178 Å². The topological polar surface area (TPSA) is 78.5 Å². The summed E-state index contributed by atoms with van der Waals surface area (Å²) in [5.41, 5.74) is 3.16. The van der Waals surface area contributed by atoms with Crippen LogP contribution < -0.4 is 10.6 Å². The molecular weight excluding hydrogens is 378 g/mol. The maximum atomic E-state index is 13.0. The van der Waals surface area contributed by atoms with E-state index in [9.17, 15) is 14.4 Å². The monoisotopic (exact) mass is 409 g/mol. The van der Waals surface area contributed by atoms with E-state index in [2.05, 4.69) is 10.6 Å². The summed E-state index contributed by atoms with van der Waals surface area (Å²) >= 11 is 0. The normalized spacial score (nSPS) is 11.7. The van der Waals surface area contributed by atoms with Crippen molar-refractivity contribution in [2.24, 2.45) is 5.92 Å². The van der Waals surface area contributed by atoms with Gasteiger partial charge in [0.25, 0.3) is 5.91 Å². The van der Waals surface area contributed by atoms with Crippen LogP contribution in [-0.4, -0.2) is 42.3 Å². The Morgan fingerprint density at radius 2 is 1.60 bits per heavy atom. The third-order valence-corrected chi connectivity index (χ3v) is 4.79. The largest absolute Gasteiger partial charge is 0.340 e. The number of nitrogens with zero attached hydrogens (tertiary/aromatic N) is 1. The summed E-state index contributed by atoms with van der Waals surface area (Å²) in [5.74, 6) is -0.663. The minimum Gasteiger partial charge on any atom is -0.340 e. The summed E-state index contributed by atoms with van der Waals surface area (Å²) in [5, 5.41) is 5.64. The molecule has 0 bridgehead atoms. The Kier molecular flexibility index (Phi) is 8.16. The molecule has 0 saturated carbocycles. The second-order valence-electron chi connectivity index (χ2n) is 8.08. The van der Waals surface area contributed by atoms with E-state index in [1.807, 2.05) is 64.1 Å². The number of carbonyl (C=O) groups is 3. The van der Waals surface area contributed by atoms with Crippen molar-refractivity contribution in [3.63, 3.8) is 0 Å². The molecule has 160 valence electrons. The summed E-state index contributed by atoms with van der Waals surface area (Å²) in [7, 11) is 1.57. The number of amides is 3. The second-order valence-corrected chi connectivity index (χ2v) is 8.08. The highest BCUT2D eigenvalue weighted by Crippen LogP contribution is 2.12. The van der Waals surface area contributed by atoms with Crippen molar-refractivity contribution in [3.8, 4) is 0 Å². The maximum absolute atomic E-state index is 13.0. The lowest BCUT2D eigenvalue weighted by atomic mass is 10.0. The van der Waals surface area contributed by atoms with E-state index < -0.39 is 6.04 Å².